The fraction of sp³-hybridized carbons (Fsp3) is 0.182. The van der Waals surface area contributed by atoms with Gasteiger partial charge in [-0.3, -0.25) is 19.3 Å². The van der Waals surface area contributed by atoms with E-state index < -0.39 is 45.3 Å². The maximum atomic E-state index is 14.5. The number of nitrogens with zero attached hydrogens (tertiary/aromatic N) is 1. The van der Waals surface area contributed by atoms with Gasteiger partial charge in [0.15, 0.2) is 0 Å². The molecule has 0 aromatic heterocycles. The summed E-state index contributed by atoms with van der Waals surface area (Å²) >= 11 is 27.4. The van der Waals surface area contributed by atoms with E-state index in [-0.39, 0.29) is 11.4 Å². The van der Waals surface area contributed by atoms with Crippen molar-refractivity contribution in [1.82, 2.24) is 4.90 Å². The first-order valence-corrected chi connectivity index (χ1v) is 14.9. The highest BCUT2D eigenvalue weighted by Gasteiger charge is 2.73. The van der Waals surface area contributed by atoms with E-state index in [1.54, 1.807) is 12.1 Å². The highest BCUT2D eigenvalue weighted by atomic mass is 35.5. The Balaban J connectivity index is 1.36. The molecule has 3 amide bonds. The van der Waals surface area contributed by atoms with Gasteiger partial charge in [-0.2, -0.15) is 0 Å². The summed E-state index contributed by atoms with van der Waals surface area (Å²) in [6, 6.07) is 27.6. The molecule has 5 nitrogen and oxygen atoms in total. The number of anilines is 1. The molecule has 0 saturated carbocycles. The first kappa shape index (κ1) is 27.5. The predicted molar refractivity (Wildman–Crippen MR) is 164 cm³/mol. The van der Waals surface area contributed by atoms with Crippen LogP contribution in [0, 0.1) is 11.8 Å². The summed E-state index contributed by atoms with van der Waals surface area (Å²) in [5, 5.41) is 3.42. The topological polar surface area (TPSA) is 66.5 Å². The lowest BCUT2D eigenvalue weighted by atomic mass is 9.54. The minimum absolute atomic E-state index is 0.0926. The zero-order valence-corrected chi connectivity index (χ0v) is 24.9. The van der Waals surface area contributed by atoms with E-state index in [4.69, 9.17) is 46.4 Å². The van der Waals surface area contributed by atoms with E-state index in [0.29, 0.717) is 33.0 Å². The zero-order chi connectivity index (χ0) is 29.4. The highest BCUT2D eigenvalue weighted by molar-refractivity contribution is 6.42. The second kappa shape index (κ2) is 9.85. The van der Waals surface area contributed by atoms with Crippen molar-refractivity contribution in [2.24, 2.45) is 11.8 Å². The molecular formula is C33H22Cl4N2O3. The number of amides is 3. The summed E-state index contributed by atoms with van der Waals surface area (Å²) < 4.78 is 0. The van der Waals surface area contributed by atoms with Crippen LogP contribution in [0.5, 0.6) is 0 Å². The maximum absolute atomic E-state index is 14.5. The summed E-state index contributed by atoms with van der Waals surface area (Å²) in [6.07, 6.45) is 0.0926. The Kier molecular flexibility index (Phi) is 6.45. The van der Waals surface area contributed by atoms with Gasteiger partial charge < -0.3 is 5.32 Å². The standard InChI is InChI=1S/C33H22Cl4N2O3/c34-24-15-14-19(17-25(24)35)38-29(40)26(16-18-8-2-1-3-9-18)39-30(41)27-28(31(39)42)33(37)21-11-5-4-10-20(21)32(27,36)22-12-6-7-13-23(22)33/h1-15,17,26-28H,16H2,(H,38,40)/t26-,27+,28+,32?,33?/m0/s1. The molecule has 1 fully saturated rings. The summed E-state index contributed by atoms with van der Waals surface area (Å²) in [6.45, 7) is 0. The van der Waals surface area contributed by atoms with E-state index in [2.05, 4.69) is 5.32 Å². The number of likely N-dealkylation sites (tertiary alicyclic amines) is 1. The van der Waals surface area contributed by atoms with Gasteiger partial charge in [-0.15, -0.1) is 23.2 Å². The van der Waals surface area contributed by atoms with Gasteiger partial charge in [0.1, 0.15) is 15.8 Å². The van der Waals surface area contributed by atoms with Crippen LogP contribution in [0.15, 0.2) is 97.1 Å². The van der Waals surface area contributed by atoms with Crippen molar-refractivity contribution in [3.05, 3.63) is 135 Å². The first-order valence-electron chi connectivity index (χ1n) is 13.4. The van der Waals surface area contributed by atoms with Gasteiger partial charge in [0.25, 0.3) is 0 Å². The van der Waals surface area contributed by atoms with Crippen LogP contribution >= 0.6 is 46.4 Å². The Hall–Kier alpha value is -3.35. The molecule has 0 unspecified atom stereocenters. The van der Waals surface area contributed by atoms with Crippen LogP contribution in [0.2, 0.25) is 10.0 Å². The van der Waals surface area contributed by atoms with Gasteiger partial charge in [-0.1, -0.05) is 102 Å². The lowest BCUT2D eigenvalue weighted by molar-refractivity contribution is -0.146. The predicted octanol–water partition coefficient (Wildman–Crippen LogP) is 7.14. The van der Waals surface area contributed by atoms with Crippen LogP contribution in [0.1, 0.15) is 27.8 Å². The van der Waals surface area contributed by atoms with Gasteiger partial charge in [-0.05, 0) is 46.0 Å². The molecule has 210 valence electrons. The number of hydrogen-bond acceptors (Lipinski definition) is 3. The van der Waals surface area contributed by atoms with Crippen LogP contribution in [-0.2, 0) is 30.6 Å². The van der Waals surface area contributed by atoms with E-state index in [0.717, 1.165) is 10.5 Å². The molecule has 4 aromatic rings. The van der Waals surface area contributed by atoms with E-state index in [1.807, 2.05) is 78.9 Å². The van der Waals surface area contributed by atoms with Crippen molar-refractivity contribution in [3.8, 4) is 0 Å². The lowest BCUT2D eigenvalue weighted by Crippen LogP contribution is -2.57. The number of nitrogens with one attached hydrogen (secondary N) is 1. The molecule has 1 N–H and O–H groups in total. The lowest BCUT2D eigenvalue weighted by Gasteiger charge is -2.54. The number of benzene rings is 4. The van der Waals surface area contributed by atoms with Gasteiger partial charge in [-0.25, -0.2) is 0 Å². The third kappa shape index (κ3) is 3.74. The molecular weight excluding hydrogens is 614 g/mol. The Morgan fingerprint density at radius 3 is 1.67 bits per heavy atom. The minimum atomic E-state index is -1.34. The molecule has 1 saturated heterocycles. The van der Waals surface area contributed by atoms with Gasteiger partial charge in [0.2, 0.25) is 17.7 Å². The molecule has 8 rings (SSSR count). The molecule has 2 bridgehead atoms. The molecule has 42 heavy (non-hydrogen) atoms. The Bertz CT molecular complexity index is 1670. The van der Waals surface area contributed by atoms with Crippen LogP contribution in [0.4, 0.5) is 5.69 Å². The molecule has 0 radical (unpaired) electrons. The number of rotatable bonds is 5. The fourth-order valence-electron chi connectivity index (χ4n) is 6.93. The quantitative estimate of drug-likeness (QED) is 0.187. The average molecular weight is 636 g/mol. The fourth-order valence-corrected chi connectivity index (χ4v) is 8.33. The molecule has 9 heteroatoms. The van der Waals surface area contributed by atoms with Crippen molar-refractivity contribution < 1.29 is 14.4 Å². The molecule has 3 aliphatic carbocycles. The second-order valence-corrected chi connectivity index (χ2v) is 12.8. The Morgan fingerprint density at radius 1 is 0.714 bits per heavy atom. The van der Waals surface area contributed by atoms with E-state index >= 15 is 0 Å². The van der Waals surface area contributed by atoms with Crippen molar-refractivity contribution in [2.45, 2.75) is 22.2 Å². The monoisotopic (exact) mass is 634 g/mol. The molecule has 4 aromatic carbocycles. The number of hydrogen-bond donors (Lipinski definition) is 1. The number of alkyl halides is 2. The van der Waals surface area contributed by atoms with Crippen LogP contribution in [-0.4, -0.2) is 28.7 Å². The smallest absolute Gasteiger partial charge is 0.248 e. The minimum Gasteiger partial charge on any atom is -0.324 e. The number of halogens is 4. The Labute approximate surface area is 262 Å². The van der Waals surface area contributed by atoms with Crippen LogP contribution in [0.25, 0.3) is 0 Å². The molecule has 0 spiro atoms. The number of imide groups is 1. The van der Waals surface area contributed by atoms with E-state index in [1.165, 1.54) is 6.07 Å². The van der Waals surface area contributed by atoms with Crippen molar-refractivity contribution >= 4 is 69.8 Å². The summed E-state index contributed by atoms with van der Waals surface area (Å²) in [5.74, 6) is -3.62. The van der Waals surface area contributed by atoms with Crippen molar-refractivity contribution in [2.75, 3.05) is 5.32 Å². The van der Waals surface area contributed by atoms with Gasteiger partial charge in [0, 0.05) is 12.1 Å². The van der Waals surface area contributed by atoms with Crippen LogP contribution in [0.3, 0.4) is 0 Å². The summed E-state index contributed by atoms with van der Waals surface area (Å²) in [4.78, 5) is 41.5. The second-order valence-electron chi connectivity index (χ2n) is 10.8. The number of carbonyl (C=O) groups excluding carboxylic acids is 3. The van der Waals surface area contributed by atoms with Crippen molar-refractivity contribution in [1.29, 1.82) is 0 Å². The zero-order valence-electron chi connectivity index (χ0n) is 21.9. The largest absolute Gasteiger partial charge is 0.324 e. The normalized spacial score (nSPS) is 26.0. The molecule has 1 heterocycles. The van der Waals surface area contributed by atoms with Crippen molar-refractivity contribution in [3.63, 3.8) is 0 Å². The molecule has 1 aliphatic heterocycles. The SMILES string of the molecule is O=C(Nc1ccc(Cl)c(Cl)c1)[C@H](Cc1ccccc1)N1C(=O)[C@H]2[C@H](C1=O)C1(Cl)c3ccccc3C2(Cl)c2ccccc21. The number of carbonyl (C=O) groups is 3. The van der Waals surface area contributed by atoms with Gasteiger partial charge in [0.05, 0.1) is 21.9 Å². The highest BCUT2D eigenvalue weighted by Crippen LogP contribution is 2.69. The third-order valence-corrected chi connectivity index (χ3v) is 10.7. The third-order valence-electron chi connectivity index (χ3n) is 8.69. The summed E-state index contributed by atoms with van der Waals surface area (Å²) in [5.41, 5.74) is 3.95. The molecule has 4 aliphatic rings. The van der Waals surface area contributed by atoms with E-state index in [9.17, 15) is 14.4 Å². The Morgan fingerprint density at radius 2 is 1.19 bits per heavy atom. The van der Waals surface area contributed by atoms with Gasteiger partial charge >= 0.3 is 0 Å². The average Bonchev–Trinajstić information content (AvgIpc) is 3.27. The first-order chi connectivity index (χ1) is 20.2. The molecule has 3 atom stereocenters. The van der Waals surface area contributed by atoms with Crippen LogP contribution < -0.4 is 5.32 Å². The summed E-state index contributed by atoms with van der Waals surface area (Å²) in [7, 11) is 0. The maximum Gasteiger partial charge on any atom is 0.248 e.